The quantitative estimate of drug-likeness (QED) is 0.354. The van der Waals surface area contributed by atoms with Crippen molar-refractivity contribution in [3.05, 3.63) is 59.0 Å². The van der Waals surface area contributed by atoms with Crippen molar-refractivity contribution in [1.29, 1.82) is 0 Å². The van der Waals surface area contributed by atoms with Crippen LogP contribution in [0, 0.1) is 0 Å². The van der Waals surface area contributed by atoms with Gasteiger partial charge >= 0.3 is 0 Å². The zero-order chi connectivity index (χ0) is 21.3. The van der Waals surface area contributed by atoms with E-state index in [0.29, 0.717) is 17.2 Å². The molecule has 3 rings (SSSR count). The van der Waals surface area contributed by atoms with Crippen LogP contribution in [0.15, 0.2) is 53.4 Å². The van der Waals surface area contributed by atoms with Crippen molar-refractivity contribution >= 4 is 34.7 Å². The van der Waals surface area contributed by atoms with E-state index in [1.807, 2.05) is 24.3 Å². The van der Waals surface area contributed by atoms with Crippen molar-refractivity contribution in [3.8, 4) is 11.5 Å². The van der Waals surface area contributed by atoms with Gasteiger partial charge in [-0.1, -0.05) is 51.2 Å². The number of thioether (sulfide) groups is 1. The second-order valence-electron chi connectivity index (χ2n) is 7.22. The number of amides is 2. The maximum absolute atomic E-state index is 12.7. The molecule has 1 aliphatic heterocycles. The Morgan fingerprint density at radius 3 is 2.30 bits per heavy atom. The summed E-state index contributed by atoms with van der Waals surface area (Å²) in [6, 6.07) is 13.5. The predicted octanol–water partition coefficient (Wildman–Crippen LogP) is 6.37. The summed E-state index contributed by atoms with van der Waals surface area (Å²) < 4.78 is 5.78. The molecule has 2 aromatic carbocycles. The number of phenolic OH excluding ortho intramolecular Hbond substituents is 1. The number of hydrogen-bond donors (Lipinski definition) is 1. The first kappa shape index (κ1) is 22.0. The molecule has 0 radical (unpaired) electrons. The second kappa shape index (κ2) is 10.9. The average molecular weight is 426 g/mol. The summed E-state index contributed by atoms with van der Waals surface area (Å²) >= 11 is 0.909. The number of anilines is 1. The highest BCUT2D eigenvalue weighted by molar-refractivity contribution is 8.19. The Bertz CT molecular complexity index is 890. The molecule has 1 fully saturated rings. The van der Waals surface area contributed by atoms with Crippen LogP contribution in [0.25, 0.3) is 6.08 Å². The second-order valence-corrected chi connectivity index (χ2v) is 8.21. The number of ether oxygens (including phenoxy) is 1. The standard InChI is InChI=1S/C24H27NO4S/c1-2-3-4-5-6-7-16-29-21-14-8-18(9-15-21)17-22-23(27)25(24(28)30-22)19-10-12-20(26)13-11-19/h8-15,17,26H,2-7,16H2,1H3/b22-17+. The van der Waals surface area contributed by atoms with Crippen LogP contribution < -0.4 is 9.64 Å². The van der Waals surface area contributed by atoms with Gasteiger partial charge in [0.15, 0.2) is 0 Å². The highest BCUT2D eigenvalue weighted by Gasteiger charge is 2.36. The third-order valence-electron chi connectivity index (χ3n) is 4.85. The largest absolute Gasteiger partial charge is 0.508 e. The van der Waals surface area contributed by atoms with Crippen LogP contribution in [-0.2, 0) is 4.79 Å². The third-order valence-corrected chi connectivity index (χ3v) is 5.72. The number of carbonyl (C=O) groups is 2. The van der Waals surface area contributed by atoms with E-state index in [4.69, 9.17) is 4.74 Å². The maximum Gasteiger partial charge on any atom is 0.298 e. The van der Waals surface area contributed by atoms with Gasteiger partial charge in [-0.05, 0) is 66.2 Å². The van der Waals surface area contributed by atoms with E-state index >= 15 is 0 Å². The summed E-state index contributed by atoms with van der Waals surface area (Å²) in [7, 11) is 0. The normalized spacial score (nSPS) is 15.2. The molecule has 1 saturated heterocycles. The molecule has 0 spiro atoms. The Kier molecular flexibility index (Phi) is 7.97. The number of rotatable bonds is 10. The summed E-state index contributed by atoms with van der Waals surface area (Å²) in [5, 5.41) is 9.05. The van der Waals surface area contributed by atoms with Gasteiger partial charge in [-0.25, -0.2) is 4.90 Å². The van der Waals surface area contributed by atoms with Gasteiger partial charge in [-0.15, -0.1) is 0 Å². The van der Waals surface area contributed by atoms with Crippen molar-refractivity contribution in [2.75, 3.05) is 11.5 Å². The van der Waals surface area contributed by atoms with E-state index in [-0.39, 0.29) is 16.9 Å². The summed E-state index contributed by atoms with van der Waals surface area (Å²) in [5.74, 6) is 0.525. The van der Waals surface area contributed by atoms with Crippen molar-refractivity contribution in [3.63, 3.8) is 0 Å². The molecule has 1 aliphatic rings. The lowest BCUT2D eigenvalue weighted by Gasteiger charge is -2.12. The van der Waals surface area contributed by atoms with Crippen LogP contribution in [0.5, 0.6) is 11.5 Å². The van der Waals surface area contributed by atoms with Crippen LogP contribution in [0.4, 0.5) is 10.5 Å². The molecular formula is C24H27NO4S. The van der Waals surface area contributed by atoms with Crippen LogP contribution >= 0.6 is 11.8 Å². The van der Waals surface area contributed by atoms with Crippen molar-refractivity contribution in [2.24, 2.45) is 0 Å². The van der Waals surface area contributed by atoms with Crippen LogP contribution in [-0.4, -0.2) is 22.9 Å². The minimum atomic E-state index is -0.362. The van der Waals surface area contributed by atoms with E-state index in [9.17, 15) is 14.7 Å². The molecule has 158 valence electrons. The fourth-order valence-electron chi connectivity index (χ4n) is 3.18. The van der Waals surface area contributed by atoms with Crippen LogP contribution in [0.1, 0.15) is 51.0 Å². The first-order valence-electron chi connectivity index (χ1n) is 10.4. The van der Waals surface area contributed by atoms with Crippen molar-refractivity contribution in [2.45, 2.75) is 45.4 Å². The molecule has 0 atom stereocenters. The number of benzene rings is 2. The first-order valence-corrected chi connectivity index (χ1v) is 11.2. The molecule has 30 heavy (non-hydrogen) atoms. The number of hydrogen-bond acceptors (Lipinski definition) is 5. The number of unbranched alkanes of at least 4 members (excludes halogenated alkanes) is 5. The molecule has 0 bridgehead atoms. The van der Waals surface area contributed by atoms with E-state index in [1.54, 1.807) is 18.2 Å². The van der Waals surface area contributed by atoms with E-state index < -0.39 is 0 Å². The summed E-state index contributed by atoms with van der Waals surface area (Å²) in [4.78, 5) is 26.5. The number of aromatic hydroxyl groups is 1. The van der Waals surface area contributed by atoms with Crippen molar-refractivity contribution in [1.82, 2.24) is 0 Å². The number of imide groups is 1. The molecule has 0 saturated carbocycles. The molecule has 0 aromatic heterocycles. The Hall–Kier alpha value is -2.73. The van der Waals surface area contributed by atoms with Gasteiger partial charge < -0.3 is 9.84 Å². The summed E-state index contributed by atoms with van der Waals surface area (Å²) in [5.41, 5.74) is 1.27. The topological polar surface area (TPSA) is 66.8 Å². The van der Waals surface area contributed by atoms with Gasteiger partial charge in [-0.3, -0.25) is 9.59 Å². The fraction of sp³-hybridized carbons (Fsp3) is 0.333. The van der Waals surface area contributed by atoms with E-state index in [0.717, 1.165) is 34.4 Å². The van der Waals surface area contributed by atoms with Crippen LogP contribution in [0.2, 0.25) is 0 Å². The lowest BCUT2D eigenvalue weighted by Crippen LogP contribution is -2.27. The molecule has 0 aliphatic carbocycles. The van der Waals surface area contributed by atoms with Gasteiger partial charge in [0, 0.05) is 0 Å². The molecule has 0 unspecified atom stereocenters. The molecule has 6 heteroatoms. The molecule has 2 aromatic rings. The van der Waals surface area contributed by atoms with Gasteiger partial charge in [0.2, 0.25) is 0 Å². The number of phenols is 1. The molecule has 1 N–H and O–H groups in total. The summed E-state index contributed by atoms with van der Waals surface area (Å²) in [6.45, 7) is 2.92. The zero-order valence-corrected chi connectivity index (χ0v) is 18.0. The summed E-state index contributed by atoms with van der Waals surface area (Å²) in [6.07, 6.45) is 9.06. The molecule has 1 heterocycles. The predicted molar refractivity (Wildman–Crippen MR) is 122 cm³/mol. The smallest absolute Gasteiger partial charge is 0.298 e. The zero-order valence-electron chi connectivity index (χ0n) is 17.2. The van der Waals surface area contributed by atoms with Gasteiger partial charge in [0.25, 0.3) is 11.1 Å². The highest BCUT2D eigenvalue weighted by atomic mass is 32.2. The first-order chi connectivity index (χ1) is 14.6. The SMILES string of the molecule is CCCCCCCCOc1ccc(/C=C2/SC(=O)N(c3ccc(O)cc3)C2=O)cc1. The van der Waals surface area contributed by atoms with Gasteiger partial charge in [0.1, 0.15) is 11.5 Å². The van der Waals surface area contributed by atoms with Gasteiger partial charge in [-0.2, -0.15) is 0 Å². The van der Waals surface area contributed by atoms with E-state index in [1.165, 1.54) is 44.2 Å². The number of carbonyl (C=O) groups excluding carboxylic acids is 2. The lowest BCUT2D eigenvalue weighted by molar-refractivity contribution is -0.113. The molecular weight excluding hydrogens is 398 g/mol. The average Bonchev–Trinajstić information content (AvgIpc) is 3.02. The maximum atomic E-state index is 12.7. The Balaban J connectivity index is 1.54. The number of nitrogens with zero attached hydrogens (tertiary/aromatic N) is 1. The Morgan fingerprint density at radius 1 is 0.933 bits per heavy atom. The van der Waals surface area contributed by atoms with Crippen molar-refractivity contribution < 1.29 is 19.4 Å². The highest BCUT2D eigenvalue weighted by Crippen LogP contribution is 2.36. The third kappa shape index (κ3) is 5.89. The minimum absolute atomic E-state index is 0.0834. The lowest BCUT2D eigenvalue weighted by atomic mass is 10.1. The van der Waals surface area contributed by atoms with Gasteiger partial charge in [0.05, 0.1) is 17.2 Å². The minimum Gasteiger partial charge on any atom is -0.508 e. The van der Waals surface area contributed by atoms with Crippen LogP contribution in [0.3, 0.4) is 0 Å². The Labute approximate surface area is 181 Å². The fourth-order valence-corrected chi connectivity index (χ4v) is 4.02. The molecule has 2 amide bonds. The molecule has 5 nitrogen and oxygen atoms in total. The Morgan fingerprint density at radius 2 is 1.60 bits per heavy atom. The van der Waals surface area contributed by atoms with E-state index in [2.05, 4.69) is 6.92 Å². The monoisotopic (exact) mass is 425 g/mol.